The van der Waals surface area contributed by atoms with Crippen LogP contribution in [0.15, 0.2) is 24.3 Å². The molecule has 2 N–H and O–H groups in total. The van der Waals surface area contributed by atoms with Gasteiger partial charge in [-0.1, -0.05) is 44.2 Å². The number of aromatic nitrogens is 3. The Balaban J connectivity index is 2.19. The summed E-state index contributed by atoms with van der Waals surface area (Å²) in [4.78, 5) is 23.4. The maximum Gasteiger partial charge on any atom is 0.358 e. The third-order valence-corrected chi connectivity index (χ3v) is 3.49. The van der Waals surface area contributed by atoms with Crippen LogP contribution in [0.4, 0.5) is 5.69 Å². The number of rotatable bonds is 6. The number of carbonyl (C=O) groups excluding carboxylic acids is 1. The highest BCUT2D eigenvalue weighted by Gasteiger charge is 2.22. The average Bonchev–Trinajstić information content (AvgIpc) is 2.91. The molecule has 0 radical (unpaired) electrons. The first-order valence-electron chi connectivity index (χ1n) is 7.48. The van der Waals surface area contributed by atoms with E-state index in [1.807, 2.05) is 45.0 Å². The van der Waals surface area contributed by atoms with Crippen molar-refractivity contribution in [2.24, 2.45) is 0 Å². The SMILES string of the molecule is CCc1ccccc1NC(=O)Cn1nnc(C(=O)O)c1C(C)C. The summed E-state index contributed by atoms with van der Waals surface area (Å²) in [7, 11) is 0. The zero-order valence-corrected chi connectivity index (χ0v) is 13.4. The summed E-state index contributed by atoms with van der Waals surface area (Å²) in [6.07, 6.45) is 0.806. The second-order valence-corrected chi connectivity index (χ2v) is 5.50. The van der Waals surface area contributed by atoms with Crippen LogP contribution in [0.5, 0.6) is 0 Å². The molecule has 2 rings (SSSR count). The summed E-state index contributed by atoms with van der Waals surface area (Å²) in [5.41, 5.74) is 2.12. The Kier molecular flexibility index (Phi) is 5.10. The van der Waals surface area contributed by atoms with Crippen LogP contribution in [0.1, 0.15) is 48.4 Å². The minimum Gasteiger partial charge on any atom is -0.476 e. The van der Waals surface area contributed by atoms with Crippen molar-refractivity contribution in [2.75, 3.05) is 5.32 Å². The van der Waals surface area contributed by atoms with Gasteiger partial charge in [0.15, 0.2) is 5.69 Å². The van der Waals surface area contributed by atoms with Gasteiger partial charge in [0, 0.05) is 5.69 Å². The van der Waals surface area contributed by atoms with Gasteiger partial charge in [0.25, 0.3) is 0 Å². The minimum atomic E-state index is -1.14. The van der Waals surface area contributed by atoms with Crippen molar-refractivity contribution in [2.45, 2.75) is 39.7 Å². The number of hydrogen-bond donors (Lipinski definition) is 2. The first kappa shape index (κ1) is 16.7. The van der Waals surface area contributed by atoms with E-state index in [0.29, 0.717) is 5.69 Å². The van der Waals surface area contributed by atoms with E-state index >= 15 is 0 Å². The number of anilines is 1. The molecule has 1 aromatic carbocycles. The summed E-state index contributed by atoms with van der Waals surface area (Å²) in [6, 6.07) is 7.56. The Labute approximate surface area is 134 Å². The monoisotopic (exact) mass is 316 g/mol. The molecule has 0 atom stereocenters. The average molecular weight is 316 g/mol. The van der Waals surface area contributed by atoms with Crippen LogP contribution in [-0.2, 0) is 17.8 Å². The molecule has 0 aliphatic heterocycles. The number of nitrogens with zero attached hydrogens (tertiary/aromatic N) is 3. The molecular weight excluding hydrogens is 296 g/mol. The van der Waals surface area contributed by atoms with Crippen molar-refractivity contribution in [3.63, 3.8) is 0 Å². The molecule has 0 saturated carbocycles. The number of carbonyl (C=O) groups is 2. The van der Waals surface area contributed by atoms with Gasteiger partial charge in [-0.3, -0.25) is 4.79 Å². The van der Waals surface area contributed by atoms with Crippen LogP contribution in [0.2, 0.25) is 0 Å². The lowest BCUT2D eigenvalue weighted by atomic mass is 10.1. The van der Waals surface area contributed by atoms with Crippen molar-refractivity contribution >= 4 is 17.6 Å². The Morgan fingerprint density at radius 3 is 2.61 bits per heavy atom. The second-order valence-electron chi connectivity index (χ2n) is 5.50. The van der Waals surface area contributed by atoms with Crippen LogP contribution in [0.25, 0.3) is 0 Å². The summed E-state index contributed by atoms with van der Waals surface area (Å²) < 4.78 is 1.35. The van der Waals surface area contributed by atoms with E-state index in [1.54, 1.807) is 0 Å². The van der Waals surface area contributed by atoms with E-state index in [0.717, 1.165) is 17.7 Å². The maximum absolute atomic E-state index is 12.3. The van der Waals surface area contributed by atoms with E-state index in [-0.39, 0.29) is 24.1 Å². The summed E-state index contributed by atoms with van der Waals surface area (Å²) >= 11 is 0. The topological polar surface area (TPSA) is 97.1 Å². The molecule has 0 aliphatic rings. The van der Waals surface area contributed by atoms with Gasteiger partial charge in [-0.2, -0.15) is 0 Å². The first-order valence-corrected chi connectivity index (χ1v) is 7.48. The minimum absolute atomic E-state index is 0.0775. The normalized spacial score (nSPS) is 10.8. The lowest BCUT2D eigenvalue weighted by Crippen LogP contribution is -2.22. The van der Waals surface area contributed by atoms with E-state index in [1.165, 1.54) is 4.68 Å². The molecule has 1 amide bonds. The van der Waals surface area contributed by atoms with Gasteiger partial charge in [-0.25, -0.2) is 9.48 Å². The number of carboxylic acid groups (broad SMARTS) is 1. The molecule has 2 aromatic rings. The Bertz CT molecular complexity index is 722. The van der Waals surface area contributed by atoms with E-state index in [2.05, 4.69) is 15.6 Å². The van der Waals surface area contributed by atoms with E-state index in [9.17, 15) is 9.59 Å². The van der Waals surface area contributed by atoms with Crippen molar-refractivity contribution in [1.29, 1.82) is 0 Å². The molecule has 122 valence electrons. The maximum atomic E-state index is 12.3. The molecule has 0 saturated heterocycles. The molecule has 0 spiro atoms. The van der Waals surface area contributed by atoms with Crippen molar-refractivity contribution in [3.05, 3.63) is 41.2 Å². The zero-order valence-electron chi connectivity index (χ0n) is 13.4. The quantitative estimate of drug-likeness (QED) is 0.852. The van der Waals surface area contributed by atoms with Crippen LogP contribution in [0, 0.1) is 0 Å². The lowest BCUT2D eigenvalue weighted by Gasteiger charge is -2.12. The van der Waals surface area contributed by atoms with Crippen LogP contribution in [0.3, 0.4) is 0 Å². The molecule has 23 heavy (non-hydrogen) atoms. The Morgan fingerprint density at radius 2 is 2.00 bits per heavy atom. The van der Waals surface area contributed by atoms with Gasteiger partial charge in [0.2, 0.25) is 5.91 Å². The Morgan fingerprint density at radius 1 is 1.30 bits per heavy atom. The van der Waals surface area contributed by atoms with Crippen LogP contribution in [-0.4, -0.2) is 32.0 Å². The third kappa shape index (κ3) is 3.74. The van der Waals surface area contributed by atoms with Crippen molar-refractivity contribution in [3.8, 4) is 0 Å². The van der Waals surface area contributed by atoms with Crippen LogP contribution < -0.4 is 5.32 Å². The van der Waals surface area contributed by atoms with Gasteiger partial charge in [0.1, 0.15) is 6.54 Å². The highest BCUT2D eigenvalue weighted by Crippen LogP contribution is 2.19. The predicted molar refractivity (Wildman–Crippen MR) is 85.5 cm³/mol. The third-order valence-electron chi connectivity index (χ3n) is 3.49. The summed E-state index contributed by atoms with van der Waals surface area (Å²) in [6.45, 7) is 5.61. The number of amides is 1. The predicted octanol–water partition coefficient (Wildman–Crippen LogP) is 2.30. The first-order chi connectivity index (χ1) is 10.9. The number of aromatic carboxylic acids is 1. The van der Waals surface area contributed by atoms with Gasteiger partial charge >= 0.3 is 5.97 Å². The van der Waals surface area contributed by atoms with E-state index in [4.69, 9.17) is 5.11 Å². The second kappa shape index (κ2) is 7.04. The molecule has 0 fully saturated rings. The molecular formula is C16H20N4O3. The van der Waals surface area contributed by atoms with Crippen molar-refractivity contribution < 1.29 is 14.7 Å². The molecule has 0 unspecified atom stereocenters. The number of nitrogens with one attached hydrogen (secondary N) is 1. The smallest absolute Gasteiger partial charge is 0.358 e. The number of para-hydroxylation sites is 1. The summed E-state index contributed by atoms with van der Waals surface area (Å²) in [5.74, 6) is -1.52. The molecule has 1 heterocycles. The Hall–Kier alpha value is -2.70. The van der Waals surface area contributed by atoms with Gasteiger partial charge < -0.3 is 10.4 Å². The van der Waals surface area contributed by atoms with Gasteiger partial charge in [-0.15, -0.1) is 5.10 Å². The number of aryl methyl sites for hydroxylation is 1. The molecule has 1 aromatic heterocycles. The fraction of sp³-hybridized carbons (Fsp3) is 0.375. The summed E-state index contributed by atoms with van der Waals surface area (Å²) in [5, 5.41) is 19.5. The molecule has 0 aliphatic carbocycles. The largest absolute Gasteiger partial charge is 0.476 e. The fourth-order valence-corrected chi connectivity index (χ4v) is 2.44. The van der Waals surface area contributed by atoms with E-state index < -0.39 is 5.97 Å². The number of hydrogen-bond acceptors (Lipinski definition) is 4. The molecule has 0 bridgehead atoms. The number of carboxylic acids is 1. The number of benzene rings is 1. The zero-order chi connectivity index (χ0) is 17.0. The lowest BCUT2D eigenvalue weighted by molar-refractivity contribution is -0.117. The van der Waals surface area contributed by atoms with Crippen LogP contribution >= 0.6 is 0 Å². The molecule has 7 nitrogen and oxygen atoms in total. The standard InChI is InChI=1S/C16H20N4O3/c1-4-11-7-5-6-8-12(11)17-13(21)9-20-15(10(2)3)14(16(22)23)18-19-20/h5-8,10H,4,9H2,1-3H3,(H,17,21)(H,22,23). The van der Waals surface area contributed by atoms with Crippen molar-refractivity contribution in [1.82, 2.24) is 15.0 Å². The fourth-order valence-electron chi connectivity index (χ4n) is 2.44. The van der Waals surface area contributed by atoms with Gasteiger partial charge in [-0.05, 0) is 24.0 Å². The highest BCUT2D eigenvalue weighted by atomic mass is 16.4. The highest BCUT2D eigenvalue weighted by molar-refractivity contribution is 5.91. The van der Waals surface area contributed by atoms with Gasteiger partial charge in [0.05, 0.1) is 5.69 Å². The molecule has 7 heteroatoms.